The van der Waals surface area contributed by atoms with E-state index in [-0.39, 0.29) is 0 Å². The molecule has 0 aliphatic heterocycles. The second kappa shape index (κ2) is 5.00. The van der Waals surface area contributed by atoms with Gasteiger partial charge in [-0.3, -0.25) is 0 Å². The monoisotopic (exact) mass is 230 g/mol. The van der Waals surface area contributed by atoms with Crippen molar-refractivity contribution in [2.75, 3.05) is 0 Å². The standard InChI is InChI=1S/C17H26/c1-13-9-11-15(12-10-13)17-8-4-6-14-5-2-3-7-16(14)17/h3,6-7,13,15-17H,2,4-5,8-12H2,1H3. The first-order valence-electron chi connectivity index (χ1n) is 7.70. The molecule has 0 heteroatoms. The first-order valence-corrected chi connectivity index (χ1v) is 7.70. The van der Waals surface area contributed by atoms with E-state index in [0.29, 0.717) is 0 Å². The molecular formula is C17H26. The molecule has 3 rings (SSSR count). The second-order valence-corrected chi connectivity index (χ2v) is 6.53. The van der Waals surface area contributed by atoms with Crippen molar-refractivity contribution in [1.82, 2.24) is 0 Å². The molecule has 1 fully saturated rings. The van der Waals surface area contributed by atoms with Crippen LogP contribution in [0.25, 0.3) is 0 Å². The predicted molar refractivity (Wildman–Crippen MR) is 73.8 cm³/mol. The first-order chi connectivity index (χ1) is 8.34. The van der Waals surface area contributed by atoms with Crippen molar-refractivity contribution in [3.05, 3.63) is 23.8 Å². The normalized spacial score (nSPS) is 41.8. The Balaban J connectivity index is 1.72. The molecule has 0 radical (unpaired) electrons. The van der Waals surface area contributed by atoms with Gasteiger partial charge in [-0.15, -0.1) is 0 Å². The summed E-state index contributed by atoms with van der Waals surface area (Å²) in [4.78, 5) is 0. The average Bonchev–Trinajstić information content (AvgIpc) is 2.39. The third-order valence-corrected chi connectivity index (χ3v) is 5.41. The maximum absolute atomic E-state index is 2.55. The van der Waals surface area contributed by atoms with Crippen LogP contribution in [0, 0.1) is 23.7 Å². The van der Waals surface area contributed by atoms with E-state index in [9.17, 15) is 0 Å². The van der Waals surface area contributed by atoms with Crippen LogP contribution in [0.2, 0.25) is 0 Å². The van der Waals surface area contributed by atoms with Gasteiger partial charge < -0.3 is 0 Å². The third kappa shape index (κ3) is 2.37. The van der Waals surface area contributed by atoms with E-state index in [1.54, 1.807) is 5.57 Å². The second-order valence-electron chi connectivity index (χ2n) is 6.53. The molecule has 0 nitrogen and oxygen atoms in total. The SMILES string of the molecule is CC1CCC(C2CCC=C3CCC=CC32)CC1. The van der Waals surface area contributed by atoms with Crippen LogP contribution in [0.1, 0.15) is 58.3 Å². The third-order valence-electron chi connectivity index (χ3n) is 5.41. The van der Waals surface area contributed by atoms with Gasteiger partial charge in [0.1, 0.15) is 0 Å². The van der Waals surface area contributed by atoms with Crippen molar-refractivity contribution in [1.29, 1.82) is 0 Å². The predicted octanol–water partition coefficient (Wildman–Crippen LogP) is 5.12. The molecule has 0 spiro atoms. The fourth-order valence-corrected chi connectivity index (χ4v) is 4.32. The topological polar surface area (TPSA) is 0 Å². The minimum Gasteiger partial charge on any atom is -0.0876 e. The van der Waals surface area contributed by atoms with Crippen LogP contribution in [0.15, 0.2) is 23.8 Å². The Labute approximate surface area is 106 Å². The fourth-order valence-electron chi connectivity index (χ4n) is 4.32. The highest BCUT2D eigenvalue weighted by Crippen LogP contribution is 2.45. The molecule has 2 atom stereocenters. The summed E-state index contributed by atoms with van der Waals surface area (Å²) in [6, 6.07) is 0. The van der Waals surface area contributed by atoms with E-state index in [1.165, 1.54) is 51.4 Å². The molecule has 94 valence electrons. The molecule has 0 aromatic carbocycles. The Morgan fingerprint density at radius 3 is 2.65 bits per heavy atom. The van der Waals surface area contributed by atoms with Crippen LogP contribution in [0.4, 0.5) is 0 Å². The van der Waals surface area contributed by atoms with E-state index in [2.05, 4.69) is 25.2 Å². The van der Waals surface area contributed by atoms with Gasteiger partial charge in [0.2, 0.25) is 0 Å². The number of allylic oxidation sites excluding steroid dienone is 4. The van der Waals surface area contributed by atoms with Crippen LogP contribution in [-0.4, -0.2) is 0 Å². The van der Waals surface area contributed by atoms with E-state index in [4.69, 9.17) is 0 Å². The van der Waals surface area contributed by atoms with Crippen molar-refractivity contribution < 1.29 is 0 Å². The fraction of sp³-hybridized carbons (Fsp3) is 0.765. The van der Waals surface area contributed by atoms with E-state index >= 15 is 0 Å². The van der Waals surface area contributed by atoms with Gasteiger partial charge in [0, 0.05) is 5.92 Å². The Morgan fingerprint density at radius 1 is 1.00 bits per heavy atom. The maximum Gasteiger partial charge on any atom is 0.000787 e. The molecule has 3 aliphatic rings. The highest BCUT2D eigenvalue weighted by molar-refractivity contribution is 5.22. The molecule has 1 saturated carbocycles. The van der Waals surface area contributed by atoms with Crippen LogP contribution >= 0.6 is 0 Å². The van der Waals surface area contributed by atoms with Crippen LogP contribution in [0.5, 0.6) is 0 Å². The summed E-state index contributed by atoms with van der Waals surface area (Å²) in [6.07, 6.45) is 18.9. The van der Waals surface area contributed by atoms with E-state index < -0.39 is 0 Å². The van der Waals surface area contributed by atoms with Crippen molar-refractivity contribution in [2.24, 2.45) is 23.7 Å². The first kappa shape index (κ1) is 11.6. The van der Waals surface area contributed by atoms with Gasteiger partial charge in [0.15, 0.2) is 0 Å². The Bertz CT molecular complexity index is 315. The molecule has 0 heterocycles. The lowest BCUT2D eigenvalue weighted by Gasteiger charge is -2.40. The highest BCUT2D eigenvalue weighted by atomic mass is 14.4. The smallest absolute Gasteiger partial charge is 0.000787 e. The summed E-state index contributed by atoms with van der Waals surface area (Å²) < 4.78 is 0. The summed E-state index contributed by atoms with van der Waals surface area (Å²) in [5.74, 6) is 3.84. The number of hydrogen-bond acceptors (Lipinski definition) is 0. The van der Waals surface area contributed by atoms with E-state index in [1.807, 2.05) is 0 Å². The van der Waals surface area contributed by atoms with Gasteiger partial charge in [0.25, 0.3) is 0 Å². The largest absolute Gasteiger partial charge is 0.0876 e. The zero-order valence-corrected chi connectivity index (χ0v) is 11.2. The maximum atomic E-state index is 2.55. The highest BCUT2D eigenvalue weighted by Gasteiger charge is 2.34. The summed E-state index contributed by atoms with van der Waals surface area (Å²) in [6.45, 7) is 2.43. The van der Waals surface area contributed by atoms with Gasteiger partial charge in [0.05, 0.1) is 0 Å². The molecule has 0 aromatic rings. The molecule has 0 aromatic heterocycles. The van der Waals surface area contributed by atoms with E-state index in [0.717, 1.165) is 23.7 Å². The van der Waals surface area contributed by atoms with Gasteiger partial charge in [-0.1, -0.05) is 43.6 Å². The number of rotatable bonds is 1. The van der Waals surface area contributed by atoms with Crippen LogP contribution in [-0.2, 0) is 0 Å². The van der Waals surface area contributed by atoms with Gasteiger partial charge in [-0.25, -0.2) is 0 Å². The lowest BCUT2D eigenvalue weighted by molar-refractivity contribution is 0.171. The summed E-state index contributed by atoms with van der Waals surface area (Å²) in [5, 5.41) is 0. The molecule has 2 unspecified atom stereocenters. The lowest BCUT2D eigenvalue weighted by Crippen LogP contribution is -2.30. The van der Waals surface area contributed by atoms with Crippen LogP contribution < -0.4 is 0 Å². The number of fused-ring (bicyclic) bond motifs is 1. The van der Waals surface area contributed by atoms with Gasteiger partial charge >= 0.3 is 0 Å². The quantitative estimate of drug-likeness (QED) is 0.549. The molecule has 0 N–H and O–H groups in total. The Kier molecular flexibility index (Phi) is 3.40. The molecule has 0 amide bonds. The van der Waals surface area contributed by atoms with Crippen molar-refractivity contribution in [3.63, 3.8) is 0 Å². The number of hydrogen-bond donors (Lipinski definition) is 0. The Morgan fingerprint density at radius 2 is 1.82 bits per heavy atom. The molecule has 3 aliphatic carbocycles. The van der Waals surface area contributed by atoms with Crippen LogP contribution in [0.3, 0.4) is 0 Å². The summed E-state index contributed by atoms with van der Waals surface area (Å²) in [5.41, 5.74) is 1.78. The minimum atomic E-state index is 0.830. The molecule has 0 bridgehead atoms. The van der Waals surface area contributed by atoms with Gasteiger partial charge in [-0.05, 0) is 56.3 Å². The van der Waals surface area contributed by atoms with Crippen molar-refractivity contribution in [3.8, 4) is 0 Å². The average molecular weight is 230 g/mol. The zero-order chi connectivity index (χ0) is 11.7. The Hall–Kier alpha value is -0.520. The summed E-state index contributed by atoms with van der Waals surface area (Å²) in [7, 11) is 0. The van der Waals surface area contributed by atoms with Crippen molar-refractivity contribution in [2.45, 2.75) is 58.3 Å². The van der Waals surface area contributed by atoms with Crippen molar-refractivity contribution >= 4 is 0 Å². The zero-order valence-electron chi connectivity index (χ0n) is 11.2. The molecule has 0 saturated heterocycles. The molecular weight excluding hydrogens is 204 g/mol. The minimum absolute atomic E-state index is 0.830. The lowest BCUT2D eigenvalue weighted by atomic mass is 9.65. The summed E-state index contributed by atoms with van der Waals surface area (Å²) >= 11 is 0. The molecule has 17 heavy (non-hydrogen) atoms. The van der Waals surface area contributed by atoms with Gasteiger partial charge in [-0.2, -0.15) is 0 Å².